The molecule has 0 spiro atoms. The van der Waals surface area contributed by atoms with Crippen LogP contribution in [-0.2, 0) is 0 Å². The van der Waals surface area contributed by atoms with Crippen LogP contribution in [0.25, 0.3) is 0 Å². The van der Waals surface area contributed by atoms with E-state index in [0.717, 1.165) is 13.0 Å². The summed E-state index contributed by atoms with van der Waals surface area (Å²) >= 11 is 0. The van der Waals surface area contributed by atoms with Crippen molar-refractivity contribution in [2.45, 2.75) is 52.1 Å². The molecule has 1 aromatic carbocycles. The van der Waals surface area contributed by atoms with Crippen molar-refractivity contribution in [1.29, 1.82) is 0 Å². The monoisotopic (exact) mass is 232 g/mol. The zero-order valence-electron chi connectivity index (χ0n) is 11.5. The fourth-order valence-electron chi connectivity index (χ4n) is 2.59. The summed E-state index contributed by atoms with van der Waals surface area (Å²) in [6, 6.07) is 7.03. The van der Waals surface area contributed by atoms with Gasteiger partial charge in [0.1, 0.15) is 0 Å². The van der Waals surface area contributed by atoms with Crippen LogP contribution in [0, 0.1) is 13.8 Å². The lowest BCUT2D eigenvalue weighted by Gasteiger charge is -2.46. The molecule has 2 heteroatoms. The standard InChI is InChI=1S/C15H24N2/c1-11-5-6-14(9-12(11)2)17-10-13(16)7-8-15(17,3)4/h5-6,9,13H,7-8,10,16H2,1-4H3. The van der Waals surface area contributed by atoms with E-state index >= 15 is 0 Å². The number of anilines is 1. The Bertz CT molecular complexity index is 409. The topological polar surface area (TPSA) is 29.3 Å². The summed E-state index contributed by atoms with van der Waals surface area (Å²) in [6.45, 7) is 9.93. The molecule has 17 heavy (non-hydrogen) atoms. The number of nitrogens with zero attached hydrogens (tertiary/aromatic N) is 1. The van der Waals surface area contributed by atoms with E-state index in [1.54, 1.807) is 0 Å². The molecule has 1 aromatic rings. The lowest BCUT2D eigenvalue weighted by atomic mass is 9.87. The van der Waals surface area contributed by atoms with Crippen LogP contribution >= 0.6 is 0 Å². The van der Waals surface area contributed by atoms with Crippen LogP contribution < -0.4 is 10.6 Å². The van der Waals surface area contributed by atoms with E-state index in [4.69, 9.17) is 5.73 Å². The molecule has 0 aromatic heterocycles. The summed E-state index contributed by atoms with van der Waals surface area (Å²) in [5, 5.41) is 0. The van der Waals surface area contributed by atoms with Crippen LogP contribution in [0.4, 0.5) is 5.69 Å². The molecule has 0 aliphatic carbocycles. The van der Waals surface area contributed by atoms with Gasteiger partial charge in [0.25, 0.3) is 0 Å². The van der Waals surface area contributed by atoms with Crippen molar-refractivity contribution in [3.8, 4) is 0 Å². The fraction of sp³-hybridized carbons (Fsp3) is 0.600. The molecule has 1 saturated heterocycles. The second-order valence-corrected chi connectivity index (χ2v) is 5.99. The Kier molecular flexibility index (Phi) is 3.17. The Balaban J connectivity index is 2.33. The van der Waals surface area contributed by atoms with Gasteiger partial charge >= 0.3 is 0 Å². The van der Waals surface area contributed by atoms with E-state index in [1.807, 2.05) is 0 Å². The number of benzene rings is 1. The highest BCUT2D eigenvalue weighted by Gasteiger charge is 2.32. The molecule has 2 nitrogen and oxygen atoms in total. The van der Waals surface area contributed by atoms with Gasteiger partial charge in [-0.3, -0.25) is 0 Å². The van der Waals surface area contributed by atoms with E-state index in [0.29, 0.717) is 6.04 Å². The van der Waals surface area contributed by atoms with Gasteiger partial charge in [-0.05, 0) is 63.8 Å². The number of aryl methyl sites for hydroxylation is 2. The molecule has 1 atom stereocenters. The maximum absolute atomic E-state index is 6.11. The molecule has 0 radical (unpaired) electrons. The predicted molar refractivity (Wildman–Crippen MR) is 74.6 cm³/mol. The van der Waals surface area contributed by atoms with Crippen LogP contribution in [0.2, 0.25) is 0 Å². The van der Waals surface area contributed by atoms with Crippen LogP contribution in [0.1, 0.15) is 37.8 Å². The lowest BCUT2D eigenvalue weighted by molar-refractivity contribution is 0.335. The first-order valence-electron chi connectivity index (χ1n) is 6.50. The summed E-state index contributed by atoms with van der Waals surface area (Å²) in [7, 11) is 0. The minimum Gasteiger partial charge on any atom is -0.365 e. The highest BCUT2D eigenvalue weighted by atomic mass is 15.2. The molecule has 2 rings (SSSR count). The Morgan fingerprint density at radius 1 is 1.24 bits per heavy atom. The first-order chi connectivity index (χ1) is 7.90. The molecule has 1 aliphatic heterocycles. The highest BCUT2D eigenvalue weighted by Crippen LogP contribution is 2.32. The summed E-state index contributed by atoms with van der Waals surface area (Å²) < 4.78 is 0. The van der Waals surface area contributed by atoms with Gasteiger partial charge in [-0.2, -0.15) is 0 Å². The lowest BCUT2D eigenvalue weighted by Crippen LogP contribution is -2.54. The molecular formula is C15H24N2. The van der Waals surface area contributed by atoms with Crippen molar-refractivity contribution in [2.24, 2.45) is 5.73 Å². The van der Waals surface area contributed by atoms with Crippen molar-refractivity contribution in [3.63, 3.8) is 0 Å². The van der Waals surface area contributed by atoms with Gasteiger partial charge in [0.2, 0.25) is 0 Å². The molecule has 1 fully saturated rings. The molecule has 1 aliphatic rings. The van der Waals surface area contributed by atoms with E-state index in [-0.39, 0.29) is 5.54 Å². The van der Waals surface area contributed by atoms with Crippen LogP contribution in [0.3, 0.4) is 0 Å². The molecule has 0 amide bonds. The largest absolute Gasteiger partial charge is 0.365 e. The molecular weight excluding hydrogens is 208 g/mol. The average Bonchev–Trinajstić information content (AvgIpc) is 2.26. The van der Waals surface area contributed by atoms with Gasteiger partial charge in [-0.25, -0.2) is 0 Å². The SMILES string of the molecule is Cc1ccc(N2CC(N)CCC2(C)C)cc1C. The smallest absolute Gasteiger partial charge is 0.0374 e. The molecule has 2 N–H and O–H groups in total. The van der Waals surface area contributed by atoms with Crippen LogP contribution in [-0.4, -0.2) is 18.1 Å². The molecule has 0 saturated carbocycles. The normalized spacial score (nSPS) is 23.8. The number of hydrogen-bond acceptors (Lipinski definition) is 2. The Hall–Kier alpha value is -1.02. The zero-order chi connectivity index (χ0) is 12.6. The van der Waals surface area contributed by atoms with E-state index in [1.165, 1.54) is 23.2 Å². The fourth-order valence-corrected chi connectivity index (χ4v) is 2.59. The van der Waals surface area contributed by atoms with Gasteiger partial charge < -0.3 is 10.6 Å². The first-order valence-corrected chi connectivity index (χ1v) is 6.50. The van der Waals surface area contributed by atoms with Crippen molar-refractivity contribution in [2.75, 3.05) is 11.4 Å². The summed E-state index contributed by atoms with van der Waals surface area (Å²) in [5.41, 5.74) is 10.4. The molecule has 1 heterocycles. The van der Waals surface area contributed by atoms with Gasteiger partial charge in [-0.1, -0.05) is 6.07 Å². The quantitative estimate of drug-likeness (QED) is 0.806. The third-order valence-electron chi connectivity index (χ3n) is 4.08. The summed E-state index contributed by atoms with van der Waals surface area (Å²) in [5.74, 6) is 0. The maximum atomic E-state index is 6.11. The molecule has 1 unspecified atom stereocenters. The number of rotatable bonds is 1. The second-order valence-electron chi connectivity index (χ2n) is 5.99. The van der Waals surface area contributed by atoms with Gasteiger partial charge in [0, 0.05) is 23.8 Å². The van der Waals surface area contributed by atoms with Crippen molar-refractivity contribution >= 4 is 5.69 Å². The van der Waals surface area contributed by atoms with E-state index in [9.17, 15) is 0 Å². The maximum Gasteiger partial charge on any atom is 0.0374 e. The molecule has 0 bridgehead atoms. The zero-order valence-corrected chi connectivity index (χ0v) is 11.5. The Morgan fingerprint density at radius 3 is 2.59 bits per heavy atom. The second kappa shape index (κ2) is 4.34. The van der Waals surface area contributed by atoms with Crippen LogP contribution in [0.5, 0.6) is 0 Å². The number of nitrogens with two attached hydrogens (primary N) is 1. The van der Waals surface area contributed by atoms with Gasteiger partial charge in [-0.15, -0.1) is 0 Å². The Labute approximate surface area is 105 Å². The van der Waals surface area contributed by atoms with Crippen molar-refractivity contribution in [1.82, 2.24) is 0 Å². The van der Waals surface area contributed by atoms with E-state index < -0.39 is 0 Å². The summed E-state index contributed by atoms with van der Waals surface area (Å²) in [6.07, 6.45) is 2.30. The third kappa shape index (κ3) is 2.47. The third-order valence-corrected chi connectivity index (χ3v) is 4.08. The minimum absolute atomic E-state index is 0.220. The van der Waals surface area contributed by atoms with E-state index in [2.05, 4.69) is 50.8 Å². The van der Waals surface area contributed by atoms with Gasteiger partial charge in [0.15, 0.2) is 0 Å². The highest BCUT2D eigenvalue weighted by molar-refractivity contribution is 5.53. The van der Waals surface area contributed by atoms with Gasteiger partial charge in [0.05, 0.1) is 0 Å². The van der Waals surface area contributed by atoms with Crippen molar-refractivity contribution < 1.29 is 0 Å². The average molecular weight is 232 g/mol. The predicted octanol–water partition coefficient (Wildman–Crippen LogP) is 3.01. The van der Waals surface area contributed by atoms with Crippen molar-refractivity contribution in [3.05, 3.63) is 29.3 Å². The molecule has 94 valence electrons. The summed E-state index contributed by atoms with van der Waals surface area (Å²) in [4.78, 5) is 2.47. The Morgan fingerprint density at radius 2 is 1.94 bits per heavy atom. The first kappa shape index (κ1) is 12.4. The number of hydrogen-bond donors (Lipinski definition) is 1. The van der Waals surface area contributed by atoms with Crippen LogP contribution in [0.15, 0.2) is 18.2 Å². The minimum atomic E-state index is 0.220. The number of piperidine rings is 1.